The van der Waals surface area contributed by atoms with Crippen LogP contribution in [0.25, 0.3) is 0 Å². The van der Waals surface area contributed by atoms with Crippen molar-refractivity contribution in [3.8, 4) is 5.75 Å². The molecule has 0 aliphatic heterocycles. The fraction of sp³-hybridized carbons (Fsp3) is 0.600. The molecule has 0 bridgehead atoms. The van der Waals surface area contributed by atoms with Gasteiger partial charge in [-0.1, -0.05) is 12.8 Å². The lowest BCUT2D eigenvalue weighted by atomic mass is 10.1. The number of nitro benzene ring substituents is 1. The largest absolute Gasteiger partial charge is 0.493 e. The van der Waals surface area contributed by atoms with Gasteiger partial charge in [-0.2, -0.15) is 0 Å². The summed E-state index contributed by atoms with van der Waals surface area (Å²) in [6.45, 7) is 1.35. The van der Waals surface area contributed by atoms with Gasteiger partial charge in [-0.25, -0.2) is 0 Å². The van der Waals surface area contributed by atoms with E-state index in [1.54, 1.807) is 12.1 Å². The molecule has 0 radical (unpaired) electrons. The minimum Gasteiger partial charge on any atom is -0.493 e. The average Bonchev–Trinajstić information content (AvgIpc) is 3.31. The first-order valence-electron chi connectivity index (χ1n) is 7.36. The van der Waals surface area contributed by atoms with Crippen molar-refractivity contribution in [1.29, 1.82) is 0 Å². The predicted octanol–water partition coefficient (Wildman–Crippen LogP) is 3.03. The zero-order chi connectivity index (χ0) is 13.9. The molecule has 1 aromatic carbocycles. The van der Waals surface area contributed by atoms with E-state index in [1.807, 2.05) is 0 Å². The van der Waals surface area contributed by atoms with Gasteiger partial charge in [0.05, 0.1) is 11.5 Å². The molecule has 0 spiro atoms. The number of nitrogens with zero attached hydrogens (tertiary/aromatic N) is 1. The van der Waals surface area contributed by atoms with Crippen molar-refractivity contribution >= 4 is 5.69 Å². The number of hydrogen-bond donors (Lipinski definition) is 1. The highest BCUT2D eigenvalue weighted by Crippen LogP contribution is 2.33. The van der Waals surface area contributed by atoms with Gasteiger partial charge in [0.15, 0.2) is 0 Å². The van der Waals surface area contributed by atoms with E-state index < -0.39 is 0 Å². The van der Waals surface area contributed by atoms with Crippen molar-refractivity contribution in [2.45, 2.75) is 44.7 Å². The van der Waals surface area contributed by atoms with Gasteiger partial charge in [-0.3, -0.25) is 10.1 Å². The van der Waals surface area contributed by atoms with Crippen LogP contribution in [0.15, 0.2) is 18.2 Å². The summed E-state index contributed by atoms with van der Waals surface area (Å²) in [6, 6.07) is 5.46. The van der Waals surface area contributed by atoms with Crippen LogP contribution < -0.4 is 10.1 Å². The van der Waals surface area contributed by atoms with Gasteiger partial charge in [-0.05, 0) is 31.2 Å². The van der Waals surface area contributed by atoms with Crippen LogP contribution in [0.3, 0.4) is 0 Å². The third-order valence-corrected chi connectivity index (χ3v) is 3.89. The van der Waals surface area contributed by atoms with Gasteiger partial charge in [-0.15, -0.1) is 0 Å². The monoisotopic (exact) mass is 276 g/mol. The molecule has 0 heterocycles. The molecule has 20 heavy (non-hydrogen) atoms. The lowest BCUT2D eigenvalue weighted by Crippen LogP contribution is -2.16. The van der Waals surface area contributed by atoms with Crippen LogP contribution in [0.1, 0.15) is 37.7 Å². The number of rotatable bonds is 8. The van der Waals surface area contributed by atoms with E-state index in [9.17, 15) is 10.1 Å². The van der Waals surface area contributed by atoms with Crippen molar-refractivity contribution in [3.63, 3.8) is 0 Å². The molecule has 0 aromatic heterocycles. The maximum atomic E-state index is 10.9. The van der Waals surface area contributed by atoms with Gasteiger partial charge in [0.2, 0.25) is 0 Å². The van der Waals surface area contributed by atoms with E-state index in [2.05, 4.69) is 5.32 Å². The number of benzene rings is 1. The molecule has 2 aliphatic carbocycles. The van der Waals surface area contributed by atoms with Crippen molar-refractivity contribution < 1.29 is 9.66 Å². The number of non-ortho nitro benzene ring substituents is 1. The fourth-order valence-corrected chi connectivity index (χ4v) is 2.24. The Morgan fingerprint density at radius 1 is 1.30 bits per heavy atom. The summed E-state index contributed by atoms with van der Waals surface area (Å²) < 4.78 is 5.81. The number of nitro groups is 1. The molecule has 2 saturated carbocycles. The van der Waals surface area contributed by atoms with Crippen LogP contribution in [0.4, 0.5) is 5.69 Å². The number of ether oxygens (including phenoxy) is 1. The second-order valence-electron chi connectivity index (χ2n) is 5.78. The fourth-order valence-electron chi connectivity index (χ4n) is 2.24. The molecule has 1 N–H and O–H groups in total. The van der Waals surface area contributed by atoms with Crippen LogP contribution in [0.2, 0.25) is 0 Å². The second kappa shape index (κ2) is 5.79. The molecule has 5 nitrogen and oxygen atoms in total. The predicted molar refractivity (Wildman–Crippen MR) is 75.8 cm³/mol. The Bertz CT molecular complexity index is 496. The molecule has 5 heteroatoms. The topological polar surface area (TPSA) is 64.4 Å². The van der Waals surface area contributed by atoms with Crippen LogP contribution in [-0.2, 0) is 6.54 Å². The minimum absolute atomic E-state index is 0.132. The first-order chi connectivity index (χ1) is 9.72. The number of hydrogen-bond acceptors (Lipinski definition) is 4. The molecule has 3 rings (SSSR count). The molecular weight excluding hydrogens is 256 g/mol. The molecule has 0 unspecified atom stereocenters. The second-order valence-corrected chi connectivity index (χ2v) is 5.78. The van der Waals surface area contributed by atoms with E-state index >= 15 is 0 Å². The Morgan fingerprint density at radius 3 is 2.75 bits per heavy atom. The van der Waals surface area contributed by atoms with Crippen molar-refractivity contribution in [2.75, 3.05) is 6.61 Å². The zero-order valence-electron chi connectivity index (χ0n) is 11.5. The van der Waals surface area contributed by atoms with E-state index in [-0.39, 0.29) is 10.6 Å². The Morgan fingerprint density at radius 2 is 2.10 bits per heavy atom. The highest BCUT2D eigenvalue weighted by atomic mass is 16.6. The Balaban J connectivity index is 1.65. The lowest BCUT2D eigenvalue weighted by molar-refractivity contribution is -0.384. The molecule has 1 aromatic rings. The molecule has 0 amide bonds. The zero-order valence-corrected chi connectivity index (χ0v) is 11.5. The maximum absolute atomic E-state index is 10.9. The highest BCUT2D eigenvalue weighted by molar-refractivity contribution is 5.43. The standard InChI is InChI=1S/C15H20N2O3/c18-17(19)14-5-6-15(20-8-7-11-1-2-11)12(9-14)10-16-13-3-4-13/h5-6,9,11,13,16H,1-4,7-8,10H2. The molecular formula is C15H20N2O3. The Labute approximate surface area is 118 Å². The quantitative estimate of drug-likeness (QED) is 0.585. The summed E-state index contributed by atoms with van der Waals surface area (Å²) in [5.41, 5.74) is 1.02. The molecule has 108 valence electrons. The van der Waals surface area contributed by atoms with E-state index in [4.69, 9.17) is 4.74 Å². The SMILES string of the molecule is O=[N+]([O-])c1ccc(OCCC2CC2)c(CNC2CC2)c1. The highest BCUT2D eigenvalue weighted by Gasteiger charge is 2.23. The summed E-state index contributed by atoms with van der Waals surface area (Å²) in [5.74, 6) is 1.62. The van der Waals surface area contributed by atoms with Crippen molar-refractivity contribution in [2.24, 2.45) is 5.92 Å². The molecule has 2 aliphatic rings. The average molecular weight is 276 g/mol. The van der Waals surface area contributed by atoms with Crippen LogP contribution in [0, 0.1) is 16.0 Å². The summed E-state index contributed by atoms with van der Waals surface area (Å²) in [6.07, 6.45) is 6.13. The summed E-state index contributed by atoms with van der Waals surface area (Å²) in [7, 11) is 0. The first kappa shape index (κ1) is 13.4. The summed E-state index contributed by atoms with van der Waals surface area (Å²) in [4.78, 5) is 10.5. The van der Waals surface area contributed by atoms with Gasteiger partial charge in [0, 0.05) is 30.3 Å². The van der Waals surface area contributed by atoms with E-state index in [0.29, 0.717) is 19.2 Å². The van der Waals surface area contributed by atoms with Crippen molar-refractivity contribution in [1.82, 2.24) is 5.32 Å². The molecule has 2 fully saturated rings. The Hall–Kier alpha value is -1.62. The third-order valence-electron chi connectivity index (χ3n) is 3.89. The van der Waals surface area contributed by atoms with Crippen LogP contribution in [0.5, 0.6) is 5.75 Å². The molecule has 0 saturated heterocycles. The first-order valence-corrected chi connectivity index (χ1v) is 7.36. The van der Waals surface area contributed by atoms with Gasteiger partial charge >= 0.3 is 0 Å². The van der Waals surface area contributed by atoms with Crippen molar-refractivity contribution in [3.05, 3.63) is 33.9 Å². The summed E-state index contributed by atoms with van der Waals surface area (Å²) in [5, 5.41) is 14.3. The maximum Gasteiger partial charge on any atom is 0.270 e. The van der Waals surface area contributed by atoms with E-state index in [1.165, 1.54) is 31.7 Å². The smallest absolute Gasteiger partial charge is 0.270 e. The molecule has 0 atom stereocenters. The summed E-state index contributed by atoms with van der Waals surface area (Å²) >= 11 is 0. The number of nitrogens with one attached hydrogen (secondary N) is 1. The van der Waals surface area contributed by atoms with Gasteiger partial charge in [0.25, 0.3) is 5.69 Å². The normalized spacial score (nSPS) is 18.0. The van der Waals surface area contributed by atoms with Crippen LogP contribution >= 0.6 is 0 Å². The Kier molecular flexibility index (Phi) is 3.87. The van der Waals surface area contributed by atoms with Crippen LogP contribution in [-0.4, -0.2) is 17.6 Å². The lowest BCUT2D eigenvalue weighted by Gasteiger charge is -2.12. The van der Waals surface area contributed by atoms with E-state index in [0.717, 1.165) is 23.7 Å². The van der Waals surface area contributed by atoms with Gasteiger partial charge in [0.1, 0.15) is 5.75 Å². The third kappa shape index (κ3) is 3.70. The van der Waals surface area contributed by atoms with Gasteiger partial charge < -0.3 is 10.1 Å². The minimum atomic E-state index is -0.353.